The zero-order valence-electron chi connectivity index (χ0n) is 16.7. The predicted octanol–water partition coefficient (Wildman–Crippen LogP) is 4.35. The van der Waals surface area contributed by atoms with E-state index in [0.29, 0.717) is 32.5 Å². The summed E-state index contributed by atoms with van der Waals surface area (Å²) >= 11 is 16.4. The molecule has 11 heteroatoms. The number of halogens is 3. The van der Waals surface area contributed by atoms with Gasteiger partial charge < -0.3 is 14.7 Å². The second kappa shape index (κ2) is 9.63. The zero-order chi connectivity index (χ0) is 22.8. The number of aliphatic carboxylic acids is 1. The van der Waals surface area contributed by atoms with Crippen LogP contribution >= 0.6 is 39.1 Å². The molecule has 0 aliphatic carbocycles. The summed E-state index contributed by atoms with van der Waals surface area (Å²) in [5, 5.41) is 14.5. The lowest BCUT2D eigenvalue weighted by Gasteiger charge is -2.30. The maximum atomic E-state index is 10.8. The normalized spacial score (nSPS) is 18.2. The number of hydrogen-bond donors (Lipinski definition) is 1. The maximum absolute atomic E-state index is 10.8. The van der Waals surface area contributed by atoms with E-state index in [-0.39, 0.29) is 25.1 Å². The number of hydrogen-bond acceptors (Lipinski definition) is 6. The van der Waals surface area contributed by atoms with Gasteiger partial charge in [-0.3, -0.25) is 4.79 Å². The number of nitrogens with zero attached hydrogens (tertiary/aromatic N) is 5. The number of aromatic nitrogens is 4. The fraction of sp³-hybridized carbons (Fsp3) is 0.333. The van der Waals surface area contributed by atoms with Crippen LogP contribution in [-0.2, 0) is 9.53 Å². The van der Waals surface area contributed by atoms with Crippen molar-refractivity contribution in [2.24, 2.45) is 0 Å². The van der Waals surface area contributed by atoms with E-state index in [0.717, 1.165) is 23.9 Å². The first kappa shape index (κ1) is 22.8. The maximum Gasteiger partial charge on any atom is 0.305 e. The van der Waals surface area contributed by atoms with Gasteiger partial charge in [0, 0.05) is 15.9 Å². The van der Waals surface area contributed by atoms with Crippen LogP contribution in [0, 0.1) is 12.3 Å². The van der Waals surface area contributed by atoms with Gasteiger partial charge in [-0.15, -0.1) is 6.42 Å². The van der Waals surface area contributed by atoms with Crippen LogP contribution in [0.3, 0.4) is 0 Å². The van der Waals surface area contributed by atoms with Crippen molar-refractivity contribution in [3.63, 3.8) is 0 Å². The zero-order valence-corrected chi connectivity index (χ0v) is 19.8. The molecule has 2 atom stereocenters. The summed E-state index contributed by atoms with van der Waals surface area (Å²) in [6.45, 7) is 0.462. The van der Waals surface area contributed by atoms with E-state index < -0.39 is 5.97 Å². The van der Waals surface area contributed by atoms with Gasteiger partial charge in [-0.2, -0.15) is 5.10 Å². The Morgan fingerprint density at radius 2 is 2.16 bits per heavy atom. The van der Waals surface area contributed by atoms with Crippen molar-refractivity contribution in [2.45, 2.75) is 31.3 Å². The third-order valence-corrected chi connectivity index (χ3v) is 7.01. The lowest BCUT2D eigenvalue weighted by molar-refractivity contribution is -0.138. The van der Waals surface area contributed by atoms with Crippen LogP contribution in [-0.4, -0.2) is 56.1 Å². The highest BCUT2D eigenvalue weighted by Crippen LogP contribution is 2.40. The van der Waals surface area contributed by atoms with Crippen molar-refractivity contribution in [3.05, 3.63) is 39.3 Å². The third kappa shape index (κ3) is 4.41. The van der Waals surface area contributed by atoms with E-state index in [1.807, 2.05) is 17.0 Å². The number of carboxylic acids is 1. The van der Waals surface area contributed by atoms with E-state index >= 15 is 0 Å². The molecular formula is C21H18BrCl2N5O3. The van der Waals surface area contributed by atoms with E-state index in [1.54, 1.807) is 11.0 Å². The van der Waals surface area contributed by atoms with Gasteiger partial charge in [0.1, 0.15) is 18.5 Å². The Morgan fingerprint density at radius 3 is 2.84 bits per heavy atom. The van der Waals surface area contributed by atoms with Crippen molar-refractivity contribution in [1.82, 2.24) is 19.7 Å². The van der Waals surface area contributed by atoms with Gasteiger partial charge >= 0.3 is 5.97 Å². The fourth-order valence-electron chi connectivity index (χ4n) is 3.83. The third-order valence-electron chi connectivity index (χ3n) is 5.30. The van der Waals surface area contributed by atoms with E-state index in [9.17, 15) is 4.79 Å². The van der Waals surface area contributed by atoms with Crippen LogP contribution in [0.25, 0.3) is 16.6 Å². The van der Waals surface area contributed by atoms with Gasteiger partial charge in [0.25, 0.3) is 0 Å². The molecule has 1 aliphatic heterocycles. The van der Waals surface area contributed by atoms with Gasteiger partial charge in [0.15, 0.2) is 0 Å². The van der Waals surface area contributed by atoms with Crippen LogP contribution in [0.4, 0.5) is 5.82 Å². The molecule has 8 nitrogen and oxygen atoms in total. The minimum atomic E-state index is -0.902. The number of anilines is 1. The Hall–Kier alpha value is -2.38. The molecule has 2 aromatic heterocycles. The van der Waals surface area contributed by atoms with E-state index in [2.05, 4.69) is 31.9 Å². The number of rotatable bonds is 7. The highest BCUT2D eigenvalue weighted by molar-refractivity contribution is 9.10. The fourth-order valence-corrected chi connectivity index (χ4v) is 4.76. The Labute approximate surface area is 202 Å². The molecule has 0 radical (unpaired) electrons. The SMILES string of the molecule is C#C[C@H]1CC[C@@H](COCCC(=O)O)N1c1cc(-n2cncn2)c2cc(Br)c(Cl)c(Cl)c2n1. The molecule has 1 fully saturated rings. The topological polar surface area (TPSA) is 93.4 Å². The summed E-state index contributed by atoms with van der Waals surface area (Å²) in [6.07, 6.45) is 10.3. The Bertz CT molecular complexity index is 1200. The number of carboxylic acid groups (broad SMARTS) is 1. The standard InChI is InChI=1S/C21H18BrCl2N5O3/c1-2-12-3-4-13(9-32-6-5-18(30)31)29(12)17-8-16(28-11-25-10-26-28)14-7-15(22)19(23)20(24)21(14)27-17/h1,7-8,10-13H,3-6,9H2,(H,30,31)/t12-,13-/m0/s1. The van der Waals surface area contributed by atoms with Gasteiger partial charge in [0.05, 0.1) is 53.0 Å². The van der Waals surface area contributed by atoms with Crippen molar-refractivity contribution in [2.75, 3.05) is 18.1 Å². The van der Waals surface area contributed by atoms with Crippen molar-refractivity contribution < 1.29 is 14.6 Å². The highest BCUT2D eigenvalue weighted by Gasteiger charge is 2.34. The minimum absolute atomic E-state index is 0.0566. The molecule has 0 saturated carbocycles. The molecule has 166 valence electrons. The van der Waals surface area contributed by atoms with Gasteiger partial charge in [-0.1, -0.05) is 29.1 Å². The number of fused-ring (bicyclic) bond motifs is 1. The smallest absolute Gasteiger partial charge is 0.305 e. The Balaban J connectivity index is 1.79. The number of carbonyl (C=O) groups is 1. The van der Waals surface area contributed by atoms with Crippen LogP contribution in [0.1, 0.15) is 19.3 Å². The molecule has 32 heavy (non-hydrogen) atoms. The largest absolute Gasteiger partial charge is 0.481 e. The van der Waals surface area contributed by atoms with Gasteiger partial charge in [-0.25, -0.2) is 14.6 Å². The van der Waals surface area contributed by atoms with Crippen LogP contribution in [0.2, 0.25) is 10.0 Å². The molecule has 4 rings (SSSR count). The molecule has 1 saturated heterocycles. The minimum Gasteiger partial charge on any atom is -0.481 e. The van der Waals surface area contributed by atoms with E-state index in [1.165, 1.54) is 6.33 Å². The van der Waals surface area contributed by atoms with Gasteiger partial charge in [-0.05, 0) is 34.8 Å². The summed E-state index contributed by atoms with van der Waals surface area (Å²) < 4.78 is 7.89. The molecule has 0 bridgehead atoms. The van der Waals surface area contributed by atoms with Gasteiger partial charge in [0.2, 0.25) is 0 Å². The Morgan fingerprint density at radius 1 is 1.34 bits per heavy atom. The molecular weight excluding hydrogens is 521 g/mol. The predicted molar refractivity (Wildman–Crippen MR) is 126 cm³/mol. The highest BCUT2D eigenvalue weighted by atomic mass is 79.9. The molecule has 0 spiro atoms. The van der Waals surface area contributed by atoms with Crippen molar-refractivity contribution in [3.8, 4) is 18.0 Å². The molecule has 1 aromatic carbocycles. The second-order valence-corrected chi connectivity index (χ2v) is 8.87. The molecule has 1 aliphatic rings. The quantitative estimate of drug-likeness (QED) is 0.271. The number of benzene rings is 1. The summed E-state index contributed by atoms with van der Waals surface area (Å²) in [5.74, 6) is 2.53. The molecule has 3 aromatic rings. The first-order valence-electron chi connectivity index (χ1n) is 9.78. The monoisotopic (exact) mass is 537 g/mol. The van der Waals surface area contributed by atoms with Crippen LogP contribution in [0.15, 0.2) is 29.3 Å². The lowest BCUT2D eigenvalue weighted by atomic mass is 10.1. The first-order chi connectivity index (χ1) is 15.4. The average Bonchev–Trinajstić information content (AvgIpc) is 3.44. The summed E-state index contributed by atoms with van der Waals surface area (Å²) in [7, 11) is 0. The van der Waals surface area contributed by atoms with Crippen molar-refractivity contribution in [1.29, 1.82) is 0 Å². The van der Waals surface area contributed by atoms with Crippen LogP contribution < -0.4 is 4.90 Å². The molecule has 1 N–H and O–H groups in total. The number of ether oxygens (including phenoxy) is 1. The van der Waals surface area contributed by atoms with Crippen LogP contribution in [0.5, 0.6) is 0 Å². The number of pyridine rings is 1. The molecule has 0 amide bonds. The first-order valence-corrected chi connectivity index (χ1v) is 11.3. The van der Waals surface area contributed by atoms with E-state index in [4.69, 9.17) is 44.5 Å². The Kier molecular flexibility index (Phi) is 6.86. The molecule has 0 unspecified atom stereocenters. The summed E-state index contributed by atoms with van der Waals surface area (Å²) in [4.78, 5) is 21.7. The van der Waals surface area contributed by atoms with Crippen molar-refractivity contribution >= 4 is 61.8 Å². The number of terminal acetylenes is 1. The summed E-state index contributed by atoms with van der Waals surface area (Å²) in [6, 6.07) is 3.46. The second-order valence-electron chi connectivity index (χ2n) is 7.26. The average molecular weight is 539 g/mol. The lowest BCUT2D eigenvalue weighted by Crippen LogP contribution is -2.39. The molecule has 3 heterocycles. The summed E-state index contributed by atoms with van der Waals surface area (Å²) in [5.41, 5.74) is 1.23.